The van der Waals surface area contributed by atoms with E-state index in [1.165, 1.54) is 21.4 Å². The summed E-state index contributed by atoms with van der Waals surface area (Å²) in [6.45, 7) is 0.709. The minimum Gasteiger partial charge on any atom is -0.444 e. The fourth-order valence-corrected chi connectivity index (χ4v) is 3.74. The molecule has 0 atom stereocenters. The van der Waals surface area contributed by atoms with Gasteiger partial charge in [-0.3, -0.25) is 0 Å². The Morgan fingerprint density at radius 2 is 2.04 bits per heavy atom. The number of hydrogen-bond acceptors (Lipinski definition) is 5. The second kappa shape index (κ2) is 6.47. The molecule has 0 saturated carbocycles. The first-order valence-corrected chi connectivity index (χ1v) is 8.49. The van der Waals surface area contributed by atoms with Crippen LogP contribution in [0.25, 0.3) is 21.4 Å². The van der Waals surface area contributed by atoms with Crippen molar-refractivity contribution in [3.8, 4) is 11.3 Å². The molecule has 2 N–H and O–H groups in total. The van der Waals surface area contributed by atoms with Crippen LogP contribution in [0.2, 0.25) is 0 Å². The summed E-state index contributed by atoms with van der Waals surface area (Å²) in [7, 11) is 0. The first-order chi connectivity index (χ1) is 11.8. The van der Waals surface area contributed by atoms with Gasteiger partial charge in [0, 0.05) is 27.4 Å². The van der Waals surface area contributed by atoms with Crippen molar-refractivity contribution < 1.29 is 9.52 Å². The van der Waals surface area contributed by atoms with Gasteiger partial charge >= 0.3 is 0 Å². The molecule has 0 amide bonds. The van der Waals surface area contributed by atoms with E-state index in [1.807, 2.05) is 18.2 Å². The molecular weight excluding hydrogens is 320 g/mol. The van der Waals surface area contributed by atoms with Crippen LogP contribution in [0.3, 0.4) is 0 Å². The molecule has 2 aromatic carbocycles. The van der Waals surface area contributed by atoms with Gasteiger partial charge in [0.25, 0.3) is 0 Å². The first-order valence-electron chi connectivity index (χ1n) is 7.67. The number of thiophene rings is 1. The van der Waals surface area contributed by atoms with Crippen molar-refractivity contribution in [2.45, 2.75) is 13.2 Å². The molecule has 120 valence electrons. The van der Waals surface area contributed by atoms with E-state index in [9.17, 15) is 5.11 Å². The first kappa shape index (κ1) is 14.9. The molecule has 0 bridgehead atoms. The molecule has 24 heavy (non-hydrogen) atoms. The average Bonchev–Trinajstić information content (AvgIpc) is 3.28. The number of rotatable bonds is 5. The highest BCUT2D eigenvalue weighted by molar-refractivity contribution is 7.19. The monoisotopic (exact) mass is 336 g/mol. The van der Waals surface area contributed by atoms with Gasteiger partial charge in [-0.25, -0.2) is 4.98 Å². The van der Waals surface area contributed by atoms with Crippen LogP contribution < -0.4 is 5.32 Å². The Hall–Kier alpha value is -2.63. The number of hydrogen-bond donors (Lipinski definition) is 2. The van der Waals surface area contributed by atoms with Crippen LogP contribution in [-0.4, -0.2) is 10.1 Å². The standard InChI is InChI=1S/C19H16N2O2S/c22-11-14-7-15(5-6-17(14)18-10-20-12-23-18)21-9-16-8-13-3-1-2-4-19(13)24-16/h1-8,10,12,21-22H,9,11H2. The highest BCUT2D eigenvalue weighted by atomic mass is 32.1. The summed E-state index contributed by atoms with van der Waals surface area (Å²) in [6, 6.07) is 16.5. The summed E-state index contributed by atoms with van der Waals surface area (Å²) in [5.74, 6) is 0.662. The number of aliphatic hydroxyl groups is 1. The van der Waals surface area contributed by atoms with Crippen LogP contribution in [0, 0.1) is 0 Å². The predicted octanol–water partition coefficient (Wildman–Crippen LogP) is 4.66. The van der Waals surface area contributed by atoms with Crippen molar-refractivity contribution in [2.75, 3.05) is 5.32 Å². The van der Waals surface area contributed by atoms with Gasteiger partial charge in [0.15, 0.2) is 12.2 Å². The van der Waals surface area contributed by atoms with Crippen molar-refractivity contribution in [1.29, 1.82) is 0 Å². The van der Waals surface area contributed by atoms with E-state index in [-0.39, 0.29) is 6.61 Å². The Morgan fingerprint density at radius 3 is 2.83 bits per heavy atom. The fraction of sp³-hybridized carbons (Fsp3) is 0.105. The lowest BCUT2D eigenvalue weighted by Crippen LogP contribution is -1.99. The molecule has 0 fully saturated rings. The zero-order chi connectivity index (χ0) is 16.4. The van der Waals surface area contributed by atoms with Gasteiger partial charge in [0.2, 0.25) is 0 Å². The minimum absolute atomic E-state index is 0.0472. The third-order valence-electron chi connectivity index (χ3n) is 3.92. The van der Waals surface area contributed by atoms with E-state index in [0.717, 1.165) is 23.4 Å². The Morgan fingerprint density at radius 1 is 1.12 bits per heavy atom. The zero-order valence-corrected chi connectivity index (χ0v) is 13.7. The van der Waals surface area contributed by atoms with Crippen LogP contribution >= 0.6 is 11.3 Å². The number of oxazole rings is 1. The van der Waals surface area contributed by atoms with E-state index in [2.05, 4.69) is 40.6 Å². The van der Waals surface area contributed by atoms with Gasteiger partial charge < -0.3 is 14.8 Å². The van der Waals surface area contributed by atoms with Crippen molar-refractivity contribution in [2.24, 2.45) is 0 Å². The number of aliphatic hydroxyl groups excluding tert-OH is 1. The molecule has 4 rings (SSSR count). The predicted molar refractivity (Wildman–Crippen MR) is 97.0 cm³/mol. The average molecular weight is 336 g/mol. The van der Waals surface area contributed by atoms with E-state index in [4.69, 9.17) is 4.42 Å². The van der Waals surface area contributed by atoms with Gasteiger partial charge in [0.05, 0.1) is 12.8 Å². The highest BCUT2D eigenvalue weighted by Crippen LogP contribution is 2.28. The topological polar surface area (TPSA) is 58.3 Å². The third-order valence-corrected chi connectivity index (χ3v) is 5.03. The van der Waals surface area contributed by atoms with E-state index < -0.39 is 0 Å². The van der Waals surface area contributed by atoms with E-state index in [0.29, 0.717) is 5.76 Å². The molecule has 0 radical (unpaired) electrons. The summed E-state index contributed by atoms with van der Waals surface area (Å²) in [6.07, 6.45) is 3.04. The lowest BCUT2D eigenvalue weighted by Gasteiger charge is -2.09. The molecule has 2 aromatic heterocycles. The van der Waals surface area contributed by atoms with Gasteiger partial charge in [-0.15, -0.1) is 11.3 Å². The smallest absolute Gasteiger partial charge is 0.181 e. The van der Waals surface area contributed by atoms with E-state index >= 15 is 0 Å². The molecule has 0 aliphatic heterocycles. The molecule has 4 aromatic rings. The lowest BCUT2D eigenvalue weighted by atomic mass is 10.1. The summed E-state index contributed by atoms with van der Waals surface area (Å²) in [5.41, 5.74) is 2.65. The second-order valence-electron chi connectivity index (χ2n) is 5.50. The van der Waals surface area contributed by atoms with Crippen LogP contribution in [0.5, 0.6) is 0 Å². The number of benzene rings is 2. The maximum Gasteiger partial charge on any atom is 0.181 e. The molecule has 0 aliphatic rings. The Bertz CT molecular complexity index is 928. The fourth-order valence-electron chi connectivity index (χ4n) is 2.74. The lowest BCUT2D eigenvalue weighted by molar-refractivity contribution is 0.282. The summed E-state index contributed by atoms with van der Waals surface area (Å²) in [5, 5.41) is 14.3. The van der Waals surface area contributed by atoms with Gasteiger partial charge in [-0.1, -0.05) is 18.2 Å². The number of fused-ring (bicyclic) bond motifs is 1. The maximum absolute atomic E-state index is 9.63. The number of anilines is 1. The van der Waals surface area contributed by atoms with Crippen LogP contribution in [0.15, 0.2) is 65.5 Å². The minimum atomic E-state index is -0.0472. The molecular formula is C19H16N2O2S. The largest absolute Gasteiger partial charge is 0.444 e. The highest BCUT2D eigenvalue weighted by Gasteiger charge is 2.09. The number of aromatic nitrogens is 1. The molecule has 0 spiro atoms. The molecule has 4 nitrogen and oxygen atoms in total. The van der Waals surface area contributed by atoms with Gasteiger partial charge in [-0.2, -0.15) is 0 Å². The molecule has 0 aliphatic carbocycles. The summed E-state index contributed by atoms with van der Waals surface area (Å²) in [4.78, 5) is 5.21. The Labute approximate surface area is 143 Å². The molecule has 0 saturated heterocycles. The Balaban J connectivity index is 1.54. The number of nitrogens with one attached hydrogen (secondary N) is 1. The van der Waals surface area contributed by atoms with Crippen molar-refractivity contribution in [3.05, 3.63) is 71.6 Å². The summed E-state index contributed by atoms with van der Waals surface area (Å²) < 4.78 is 6.62. The van der Waals surface area contributed by atoms with Gasteiger partial charge in [0.1, 0.15) is 0 Å². The van der Waals surface area contributed by atoms with Crippen molar-refractivity contribution in [3.63, 3.8) is 0 Å². The van der Waals surface area contributed by atoms with Crippen LogP contribution in [-0.2, 0) is 13.2 Å². The third kappa shape index (κ3) is 2.91. The molecule has 0 unspecified atom stereocenters. The number of nitrogens with zero attached hydrogens (tertiary/aromatic N) is 1. The quantitative estimate of drug-likeness (QED) is 0.556. The van der Waals surface area contributed by atoms with Gasteiger partial charge in [-0.05, 0) is 41.3 Å². The normalized spacial score (nSPS) is 11.0. The van der Waals surface area contributed by atoms with E-state index in [1.54, 1.807) is 17.5 Å². The molecule has 2 heterocycles. The maximum atomic E-state index is 9.63. The SMILES string of the molecule is OCc1cc(NCc2cc3ccccc3s2)ccc1-c1cnco1. The van der Waals surface area contributed by atoms with Crippen LogP contribution in [0.1, 0.15) is 10.4 Å². The van der Waals surface area contributed by atoms with Crippen LogP contribution in [0.4, 0.5) is 5.69 Å². The summed E-state index contributed by atoms with van der Waals surface area (Å²) >= 11 is 1.79. The Kier molecular flexibility index (Phi) is 4.02. The zero-order valence-electron chi connectivity index (χ0n) is 12.9. The molecule has 5 heteroatoms. The van der Waals surface area contributed by atoms with Crippen molar-refractivity contribution >= 4 is 27.1 Å². The van der Waals surface area contributed by atoms with Crippen molar-refractivity contribution in [1.82, 2.24) is 4.98 Å². The second-order valence-corrected chi connectivity index (χ2v) is 6.67.